The van der Waals surface area contributed by atoms with Gasteiger partial charge in [0, 0.05) is 6.07 Å². The highest BCUT2D eigenvalue weighted by Gasteiger charge is 1.98. The summed E-state index contributed by atoms with van der Waals surface area (Å²) in [4.78, 5) is 0. The first-order valence-electron chi connectivity index (χ1n) is 5.97. The fraction of sp³-hybridized carbons (Fsp3) is 0.500. The molecule has 89 valence electrons. The summed E-state index contributed by atoms with van der Waals surface area (Å²) in [5.74, 6) is 0.300. The quantitative estimate of drug-likeness (QED) is 0.624. The molecule has 0 spiro atoms. The normalized spacial score (nSPS) is 10.4. The van der Waals surface area contributed by atoms with E-state index in [1.807, 2.05) is 0 Å². The molecule has 2 heteroatoms. The van der Waals surface area contributed by atoms with Crippen LogP contribution in [0.4, 0.5) is 4.39 Å². The van der Waals surface area contributed by atoms with E-state index in [0.29, 0.717) is 17.9 Å². The Kier molecular flexibility index (Phi) is 5.91. The molecule has 0 fully saturated rings. The van der Waals surface area contributed by atoms with E-state index in [9.17, 15) is 4.39 Å². The standard InChI is InChI=1S/C14H20FO/c1-3-4-5-6-7-8-16-14-10-12(2)9-13(15)11-14/h9-11H,2-8H2,1H3. The van der Waals surface area contributed by atoms with Crippen LogP contribution in [-0.4, -0.2) is 6.61 Å². The Morgan fingerprint density at radius 2 is 1.88 bits per heavy atom. The van der Waals surface area contributed by atoms with E-state index in [-0.39, 0.29) is 5.82 Å². The van der Waals surface area contributed by atoms with Crippen molar-refractivity contribution in [1.29, 1.82) is 0 Å². The molecule has 0 N–H and O–H groups in total. The fourth-order valence-corrected chi connectivity index (χ4v) is 1.60. The first-order chi connectivity index (χ1) is 7.72. The summed E-state index contributed by atoms with van der Waals surface area (Å²) < 4.78 is 18.5. The molecule has 0 saturated carbocycles. The predicted octanol–water partition coefficient (Wildman–Crippen LogP) is 4.36. The van der Waals surface area contributed by atoms with Crippen LogP contribution in [0.3, 0.4) is 0 Å². The van der Waals surface area contributed by atoms with E-state index in [4.69, 9.17) is 4.74 Å². The zero-order valence-electron chi connectivity index (χ0n) is 9.97. The average Bonchev–Trinajstić information content (AvgIpc) is 2.22. The van der Waals surface area contributed by atoms with E-state index in [2.05, 4.69) is 13.8 Å². The van der Waals surface area contributed by atoms with Crippen LogP contribution in [-0.2, 0) is 0 Å². The van der Waals surface area contributed by atoms with Crippen LogP contribution < -0.4 is 4.74 Å². The van der Waals surface area contributed by atoms with E-state index < -0.39 is 0 Å². The van der Waals surface area contributed by atoms with Gasteiger partial charge in [-0.05, 0) is 31.0 Å². The maximum absolute atomic E-state index is 13.0. The summed E-state index contributed by atoms with van der Waals surface area (Å²) in [5.41, 5.74) is 0.654. The van der Waals surface area contributed by atoms with Gasteiger partial charge < -0.3 is 4.74 Å². The summed E-state index contributed by atoms with van der Waals surface area (Å²) in [6.45, 7) is 6.54. The van der Waals surface area contributed by atoms with E-state index in [1.165, 1.54) is 37.8 Å². The molecule has 0 aliphatic carbocycles. The lowest BCUT2D eigenvalue weighted by Gasteiger charge is -2.07. The molecule has 1 nitrogen and oxygen atoms in total. The van der Waals surface area contributed by atoms with Crippen LogP contribution >= 0.6 is 0 Å². The van der Waals surface area contributed by atoms with Crippen molar-refractivity contribution in [3.63, 3.8) is 0 Å². The summed E-state index contributed by atoms with van der Waals surface area (Å²) in [6, 6.07) is 4.56. The number of hydrogen-bond acceptors (Lipinski definition) is 1. The molecule has 0 saturated heterocycles. The van der Waals surface area contributed by atoms with Gasteiger partial charge in [-0.3, -0.25) is 0 Å². The molecule has 0 bridgehead atoms. The maximum atomic E-state index is 13.0. The highest BCUT2D eigenvalue weighted by molar-refractivity contribution is 5.31. The van der Waals surface area contributed by atoms with Gasteiger partial charge >= 0.3 is 0 Å². The summed E-state index contributed by atoms with van der Waals surface area (Å²) >= 11 is 0. The van der Waals surface area contributed by atoms with Crippen molar-refractivity contribution in [2.75, 3.05) is 6.61 Å². The third-order valence-corrected chi connectivity index (χ3v) is 2.45. The molecule has 1 rings (SSSR count). The average molecular weight is 223 g/mol. The molecule has 0 atom stereocenters. The first kappa shape index (κ1) is 13.0. The van der Waals surface area contributed by atoms with Gasteiger partial charge in [-0.2, -0.15) is 0 Å². The SMILES string of the molecule is [CH2]c1cc(F)cc(OCCCCCCC)c1. The van der Waals surface area contributed by atoms with Gasteiger partial charge in [0.25, 0.3) is 0 Å². The van der Waals surface area contributed by atoms with Gasteiger partial charge in [0.15, 0.2) is 0 Å². The Labute approximate surface area is 97.6 Å². The Morgan fingerprint density at radius 3 is 2.56 bits per heavy atom. The lowest BCUT2D eigenvalue weighted by atomic mass is 10.2. The smallest absolute Gasteiger partial charge is 0.127 e. The molecule has 1 aromatic rings. The molecular weight excluding hydrogens is 203 g/mol. The molecule has 0 aliphatic heterocycles. The van der Waals surface area contributed by atoms with Crippen LogP contribution in [0.5, 0.6) is 5.75 Å². The van der Waals surface area contributed by atoms with Crippen LogP contribution in [0.2, 0.25) is 0 Å². The topological polar surface area (TPSA) is 9.23 Å². The van der Waals surface area contributed by atoms with Crippen molar-refractivity contribution in [3.8, 4) is 5.75 Å². The number of ether oxygens (including phenoxy) is 1. The van der Waals surface area contributed by atoms with Gasteiger partial charge in [-0.1, -0.05) is 32.6 Å². The van der Waals surface area contributed by atoms with Crippen LogP contribution in [0.1, 0.15) is 44.6 Å². The summed E-state index contributed by atoms with van der Waals surface area (Å²) in [6.07, 6.45) is 5.99. The molecule has 0 amide bonds. The number of benzene rings is 1. The summed E-state index contributed by atoms with van der Waals surface area (Å²) in [7, 11) is 0. The van der Waals surface area contributed by atoms with Gasteiger partial charge in [-0.25, -0.2) is 4.39 Å². The van der Waals surface area contributed by atoms with Crippen molar-refractivity contribution in [1.82, 2.24) is 0 Å². The molecule has 0 unspecified atom stereocenters. The first-order valence-corrected chi connectivity index (χ1v) is 5.97. The molecule has 0 aliphatic rings. The minimum Gasteiger partial charge on any atom is -0.493 e. The van der Waals surface area contributed by atoms with Gasteiger partial charge in [0.1, 0.15) is 11.6 Å². The van der Waals surface area contributed by atoms with Gasteiger partial charge in [0.2, 0.25) is 0 Å². The highest BCUT2D eigenvalue weighted by Crippen LogP contribution is 2.16. The van der Waals surface area contributed by atoms with Crippen molar-refractivity contribution in [2.45, 2.75) is 39.0 Å². The van der Waals surface area contributed by atoms with Crippen LogP contribution in [0.15, 0.2) is 18.2 Å². The van der Waals surface area contributed by atoms with Crippen molar-refractivity contribution in [2.24, 2.45) is 0 Å². The Morgan fingerprint density at radius 1 is 1.12 bits per heavy atom. The molecule has 16 heavy (non-hydrogen) atoms. The second kappa shape index (κ2) is 7.26. The van der Waals surface area contributed by atoms with Crippen molar-refractivity contribution >= 4 is 0 Å². The van der Waals surface area contributed by atoms with Crippen LogP contribution in [0, 0.1) is 12.7 Å². The molecule has 0 heterocycles. The summed E-state index contributed by atoms with van der Waals surface area (Å²) in [5, 5.41) is 0. The van der Waals surface area contributed by atoms with Crippen molar-refractivity contribution < 1.29 is 9.13 Å². The zero-order valence-corrected chi connectivity index (χ0v) is 9.97. The predicted molar refractivity (Wildman–Crippen MR) is 65.1 cm³/mol. The Balaban J connectivity index is 2.21. The highest BCUT2D eigenvalue weighted by atomic mass is 19.1. The van der Waals surface area contributed by atoms with E-state index >= 15 is 0 Å². The second-order valence-electron chi connectivity index (χ2n) is 4.06. The molecular formula is C14H20FO. The number of halogens is 1. The lowest BCUT2D eigenvalue weighted by molar-refractivity contribution is 0.303. The fourth-order valence-electron chi connectivity index (χ4n) is 1.60. The minimum atomic E-state index is -0.284. The van der Waals surface area contributed by atoms with Crippen molar-refractivity contribution in [3.05, 3.63) is 36.5 Å². The monoisotopic (exact) mass is 223 g/mol. The zero-order chi connectivity index (χ0) is 11.8. The molecule has 0 aromatic heterocycles. The number of rotatable bonds is 7. The van der Waals surface area contributed by atoms with Gasteiger partial charge in [0.05, 0.1) is 6.61 Å². The molecule has 1 aromatic carbocycles. The molecule has 1 radical (unpaired) electrons. The Hall–Kier alpha value is -1.05. The number of unbranched alkanes of at least 4 members (excludes halogenated alkanes) is 4. The lowest BCUT2D eigenvalue weighted by Crippen LogP contribution is -1.98. The third-order valence-electron chi connectivity index (χ3n) is 2.45. The minimum absolute atomic E-state index is 0.284. The van der Waals surface area contributed by atoms with E-state index in [0.717, 1.165) is 6.42 Å². The van der Waals surface area contributed by atoms with E-state index in [1.54, 1.807) is 6.07 Å². The second-order valence-corrected chi connectivity index (χ2v) is 4.06. The van der Waals surface area contributed by atoms with Crippen LogP contribution in [0.25, 0.3) is 0 Å². The van der Waals surface area contributed by atoms with Gasteiger partial charge in [-0.15, -0.1) is 0 Å². The number of hydrogen-bond donors (Lipinski definition) is 0. The maximum Gasteiger partial charge on any atom is 0.127 e. The largest absolute Gasteiger partial charge is 0.493 e. The Bertz CT molecular complexity index is 289. The third kappa shape index (κ3) is 5.15.